The quantitative estimate of drug-likeness (QED) is 0.432. The first-order valence-corrected chi connectivity index (χ1v) is 10.6. The predicted octanol–water partition coefficient (Wildman–Crippen LogP) is 4.90. The summed E-state index contributed by atoms with van der Waals surface area (Å²) in [6.07, 6.45) is 4.75. The van der Waals surface area contributed by atoms with Crippen molar-refractivity contribution in [1.82, 2.24) is 4.90 Å². The van der Waals surface area contributed by atoms with Crippen molar-refractivity contribution in [2.75, 3.05) is 7.11 Å². The molecular formula is C25H26FNO4. The van der Waals surface area contributed by atoms with Gasteiger partial charge in [0, 0.05) is 11.6 Å². The van der Waals surface area contributed by atoms with E-state index in [4.69, 9.17) is 4.74 Å². The van der Waals surface area contributed by atoms with Crippen molar-refractivity contribution >= 4 is 17.4 Å². The number of Topliss-reactive ketones (excluding diaryl/α,β-unsaturated/α-hetero) is 1. The fourth-order valence-electron chi connectivity index (χ4n) is 4.67. The summed E-state index contributed by atoms with van der Waals surface area (Å²) in [5.41, 5.74) is 1.40. The highest BCUT2D eigenvalue weighted by Gasteiger charge is 2.48. The summed E-state index contributed by atoms with van der Waals surface area (Å²) < 4.78 is 19.1. The number of ketones is 1. The Labute approximate surface area is 181 Å². The maximum atomic E-state index is 13.8. The van der Waals surface area contributed by atoms with E-state index >= 15 is 0 Å². The van der Waals surface area contributed by atoms with E-state index in [9.17, 15) is 19.1 Å². The van der Waals surface area contributed by atoms with Crippen molar-refractivity contribution in [3.63, 3.8) is 0 Å². The molecule has 0 bridgehead atoms. The van der Waals surface area contributed by atoms with Gasteiger partial charge in [0.2, 0.25) is 0 Å². The van der Waals surface area contributed by atoms with E-state index in [1.165, 1.54) is 18.2 Å². The Morgan fingerprint density at radius 2 is 1.84 bits per heavy atom. The minimum absolute atomic E-state index is 0.0369. The molecule has 2 fully saturated rings. The molecule has 162 valence electrons. The largest absolute Gasteiger partial charge is 0.507 e. The molecule has 0 radical (unpaired) electrons. The summed E-state index contributed by atoms with van der Waals surface area (Å²) in [6.45, 7) is 1.59. The van der Waals surface area contributed by atoms with Gasteiger partial charge in [-0.25, -0.2) is 4.39 Å². The highest BCUT2D eigenvalue weighted by Crippen LogP contribution is 2.43. The Morgan fingerprint density at radius 3 is 2.52 bits per heavy atom. The second-order valence-electron chi connectivity index (χ2n) is 8.24. The Kier molecular flexibility index (Phi) is 5.81. The molecule has 1 aliphatic carbocycles. The lowest BCUT2D eigenvalue weighted by molar-refractivity contribution is -0.141. The van der Waals surface area contributed by atoms with Gasteiger partial charge in [-0.15, -0.1) is 0 Å². The Morgan fingerprint density at radius 1 is 1.10 bits per heavy atom. The average Bonchev–Trinajstić information content (AvgIpc) is 3.06. The number of methoxy groups -OCH3 is 1. The monoisotopic (exact) mass is 423 g/mol. The number of aliphatic hydroxyl groups is 1. The highest BCUT2D eigenvalue weighted by molar-refractivity contribution is 6.46. The van der Waals surface area contributed by atoms with Crippen LogP contribution < -0.4 is 4.74 Å². The topological polar surface area (TPSA) is 66.8 Å². The van der Waals surface area contributed by atoms with E-state index in [-0.39, 0.29) is 17.4 Å². The second-order valence-corrected chi connectivity index (χ2v) is 8.24. The van der Waals surface area contributed by atoms with Crippen LogP contribution in [0.4, 0.5) is 4.39 Å². The SMILES string of the molecule is COc1cccc(C2/C(=C(/O)c3ccc(F)c(C)c3)C(=O)C(=O)N2C2CCCCC2)c1. The first-order valence-electron chi connectivity index (χ1n) is 10.6. The van der Waals surface area contributed by atoms with Gasteiger partial charge in [0.15, 0.2) is 0 Å². The van der Waals surface area contributed by atoms with Gasteiger partial charge in [-0.05, 0) is 61.2 Å². The standard InChI is InChI=1S/C25H26FNO4/c1-15-13-17(11-12-20(15)26)23(28)21-22(16-7-6-10-19(14-16)31-2)27(25(30)24(21)29)18-8-4-3-5-9-18/h6-7,10-14,18,22,28H,3-5,8-9H2,1-2H3/b23-21-. The summed E-state index contributed by atoms with van der Waals surface area (Å²) >= 11 is 0. The lowest BCUT2D eigenvalue weighted by atomic mass is 9.90. The minimum atomic E-state index is -0.719. The van der Waals surface area contributed by atoms with Crippen LogP contribution in [0.15, 0.2) is 48.0 Å². The summed E-state index contributed by atoms with van der Waals surface area (Å²) in [5.74, 6) is -1.39. The van der Waals surface area contributed by atoms with Gasteiger partial charge >= 0.3 is 0 Å². The molecule has 1 heterocycles. The Hall–Kier alpha value is -3.15. The molecule has 4 rings (SSSR count). The van der Waals surface area contributed by atoms with E-state index in [1.807, 2.05) is 6.07 Å². The average molecular weight is 423 g/mol. The second kappa shape index (κ2) is 8.53. The molecule has 2 aliphatic rings. The fraction of sp³-hybridized carbons (Fsp3) is 0.360. The van der Waals surface area contributed by atoms with Crippen LogP contribution in [0.3, 0.4) is 0 Å². The maximum Gasteiger partial charge on any atom is 0.295 e. The van der Waals surface area contributed by atoms with Gasteiger partial charge in [-0.1, -0.05) is 31.4 Å². The summed E-state index contributed by atoms with van der Waals surface area (Å²) in [4.78, 5) is 27.9. The molecule has 1 N–H and O–H groups in total. The van der Waals surface area contributed by atoms with E-state index in [2.05, 4.69) is 0 Å². The van der Waals surface area contributed by atoms with Gasteiger partial charge in [-0.3, -0.25) is 9.59 Å². The van der Waals surface area contributed by atoms with Gasteiger partial charge in [0.1, 0.15) is 17.3 Å². The zero-order valence-electron chi connectivity index (χ0n) is 17.7. The van der Waals surface area contributed by atoms with E-state index in [1.54, 1.807) is 37.1 Å². The molecule has 2 aromatic rings. The van der Waals surface area contributed by atoms with Crippen LogP contribution in [0.1, 0.15) is 54.8 Å². The Balaban J connectivity index is 1.89. The number of rotatable bonds is 4. The van der Waals surface area contributed by atoms with Gasteiger partial charge < -0.3 is 14.7 Å². The molecule has 1 amide bonds. The number of carbonyl (C=O) groups excluding carboxylic acids is 2. The van der Waals surface area contributed by atoms with Crippen LogP contribution in [-0.4, -0.2) is 34.8 Å². The van der Waals surface area contributed by atoms with E-state index < -0.39 is 23.5 Å². The smallest absolute Gasteiger partial charge is 0.295 e. The van der Waals surface area contributed by atoms with Crippen molar-refractivity contribution in [2.45, 2.75) is 51.1 Å². The number of carbonyl (C=O) groups is 2. The van der Waals surface area contributed by atoms with E-state index in [0.717, 1.165) is 32.1 Å². The molecule has 1 unspecified atom stereocenters. The number of likely N-dealkylation sites (tertiary alicyclic amines) is 1. The number of aryl methyl sites for hydroxylation is 1. The zero-order chi connectivity index (χ0) is 22.1. The lowest BCUT2D eigenvalue weighted by Crippen LogP contribution is -2.40. The van der Waals surface area contributed by atoms with Crippen LogP contribution >= 0.6 is 0 Å². The first kappa shape index (κ1) is 21.1. The molecule has 0 aromatic heterocycles. The lowest BCUT2D eigenvalue weighted by Gasteiger charge is -2.35. The molecule has 5 nitrogen and oxygen atoms in total. The van der Waals surface area contributed by atoms with Crippen molar-refractivity contribution in [3.05, 3.63) is 70.5 Å². The number of hydrogen-bond acceptors (Lipinski definition) is 4. The third-order valence-corrected chi connectivity index (χ3v) is 6.29. The van der Waals surface area contributed by atoms with Crippen molar-refractivity contribution in [3.8, 4) is 5.75 Å². The van der Waals surface area contributed by atoms with Crippen LogP contribution in [0, 0.1) is 12.7 Å². The molecule has 1 aliphatic heterocycles. The summed E-state index contributed by atoms with van der Waals surface area (Å²) in [5, 5.41) is 11.1. The van der Waals surface area contributed by atoms with Gasteiger partial charge in [-0.2, -0.15) is 0 Å². The molecule has 2 aromatic carbocycles. The van der Waals surface area contributed by atoms with Crippen molar-refractivity contribution in [2.24, 2.45) is 0 Å². The Bertz CT molecular complexity index is 1060. The van der Waals surface area contributed by atoms with E-state index in [0.29, 0.717) is 22.4 Å². The summed E-state index contributed by atoms with van der Waals surface area (Å²) in [6, 6.07) is 10.6. The number of aliphatic hydroxyl groups excluding tert-OH is 1. The predicted molar refractivity (Wildman–Crippen MR) is 115 cm³/mol. The van der Waals surface area contributed by atoms with Crippen LogP contribution in [0.5, 0.6) is 5.75 Å². The van der Waals surface area contributed by atoms with Crippen LogP contribution in [0.25, 0.3) is 5.76 Å². The van der Waals surface area contributed by atoms with Crippen LogP contribution in [-0.2, 0) is 9.59 Å². The molecule has 31 heavy (non-hydrogen) atoms. The summed E-state index contributed by atoms with van der Waals surface area (Å²) in [7, 11) is 1.55. The minimum Gasteiger partial charge on any atom is -0.507 e. The van der Waals surface area contributed by atoms with Gasteiger partial charge in [0.05, 0.1) is 18.7 Å². The molecule has 0 spiro atoms. The molecule has 1 saturated heterocycles. The fourth-order valence-corrected chi connectivity index (χ4v) is 4.67. The number of amides is 1. The van der Waals surface area contributed by atoms with Crippen LogP contribution in [0.2, 0.25) is 0 Å². The normalized spacial score (nSPS) is 21.5. The number of hydrogen-bond donors (Lipinski definition) is 1. The molecule has 6 heteroatoms. The number of halogens is 1. The molecule has 1 saturated carbocycles. The third kappa shape index (κ3) is 3.82. The van der Waals surface area contributed by atoms with Crippen molar-refractivity contribution in [1.29, 1.82) is 0 Å². The highest BCUT2D eigenvalue weighted by atomic mass is 19.1. The molecular weight excluding hydrogens is 397 g/mol. The molecule has 1 atom stereocenters. The third-order valence-electron chi connectivity index (χ3n) is 6.29. The zero-order valence-corrected chi connectivity index (χ0v) is 17.7. The number of benzene rings is 2. The van der Waals surface area contributed by atoms with Crippen molar-refractivity contribution < 1.29 is 23.8 Å². The number of ether oxygens (including phenoxy) is 1. The first-order chi connectivity index (χ1) is 14.9. The maximum absolute atomic E-state index is 13.8. The number of nitrogens with zero attached hydrogens (tertiary/aromatic N) is 1. The van der Waals surface area contributed by atoms with Gasteiger partial charge in [0.25, 0.3) is 11.7 Å².